The summed E-state index contributed by atoms with van der Waals surface area (Å²) in [6.45, 7) is 4.88. The normalized spacial score (nSPS) is 12.4. The molecule has 0 saturated heterocycles. The number of hydrogen-bond donors (Lipinski definition) is 0. The molecular formula is C11H16F3IN2O. The Morgan fingerprint density at radius 2 is 2.11 bits per heavy atom. The molecule has 0 radical (unpaired) electrons. The molecule has 0 amide bonds. The highest BCUT2D eigenvalue weighted by Crippen LogP contribution is 2.21. The number of ether oxygens (including phenoxy) is 1. The fourth-order valence-electron chi connectivity index (χ4n) is 1.28. The van der Waals surface area contributed by atoms with Crippen LogP contribution in [0.25, 0.3) is 0 Å². The van der Waals surface area contributed by atoms with Crippen molar-refractivity contribution >= 4 is 22.6 Å². The topological polar surface area (TPSA) is 27.1 Å². The van der Waals surface area contributed by atoms with Gasteiger partial charge in [0.15, 0.2) is 0 Å². The zero-order valence-corrected chi connectivity index (χ0v) is 12.5. The molecule has 0 atom stereocenters. The second kappa shape index (κ2) is 6.74. The van der Waals surface area contributed by atoms with Gasteiger partial charge in [0.2, 0.25) is 0 Å². The number of nitrogens with zero attached hydrogens (tertiary/aromatic N) is 2. The third-order valence-electron chi connectivity index (χ3n) is 2.10. The molecule has 0 bridgehead atoms. The third kappa shape index (κ3) is 6.03. The molecule has 0 aromatic carbocycles. The van der Waals surface area contributed by atoms with E-state index < -0.39 is 12.6 Å². The molecule has 1 rings (SSSR count). The number of halogens is 4. The molecule has 1 heterocycles. The third-order valence-corrected chi connectivity index (χ3v) is 3.00. The maximum absolute atomic E-state index is 12.1. The Hall–Kier alpha value is -0.310. The van der Waals surface area contributed by atoms with Crippen molar-refractivity contribution in [2.45, 2.75) is 39.6 Å². The average molecular weight is 376 g/mol. The van der Waals surface area contributed by atoms with Crippen LogP contribution in [0.1, 0.15) is 26.0 Å². The minimum absolute atomic E-state index is 0.149. The first-order valence-corrected chi connectivity index (χ1v) is 6.72. The highest BCUT2D eigenvalue weighted by Gasteiger charge is 2.26. The fourth-order valence-corrected chi connectivity index (χ4v) is 1.87. The first-order chi connectivity index (χ1) is 8.28. The van der Waals surface area contributed by atoms with Crippen LogP contribution in [0.15, 0.2) is 6.20 Å². The van der Waals surface area contributed by atoms with Gasteiger partial charge in [-0.25, -0.2) is 0 Å². The minimum Gasteiger partial charge on any atom is -0.375 e. The average Bonchev–Trinajstić information content (AvgIpc) is 2.55. The van der Waals surface area contributed by atoms with Crippen LogP contribution in [0, 0.1) is 9.49 Å². The van der Waals surface area contributed by atoms with E-state index in [0.29, 0.717) is 24.8 Å². The molecule has 0 aliphatic carbocycles. The monoisotopic (exact) mass is 376 g/mol. The highest BCUT2D eigenvalue weighted by molar-refractivity contribution is 14.1. The van der Waals surface area contributed by atoms with Gasteiger partial charge < -0.3 is 4.74 Å². The molecule has 18 heavy (non-hydrogen) atoms. The SMILES string of the molecule is CC(C)COCc1nn(CCC(F)(F)F)cc1I. The van der Waals surface area contributed by atoms with E-state index in [-0.39, 0.29) is 6.54 Å². The van der Waals surface area contributed by atoms with Crippen LogP contribution in [-0.2, 0) is 17.9 Å². The van der Waals surface area contributed by atoms with Gasteiger partial charge in [0.1, 0.15) is 5.69 Å². The van der Waals surface area contributed by atoms with Crippen LogP contribution < -0.4 is 0 Å². The van der Waals surface area contributed by atoms with Crippen LogP contribution in [0.3, 0.4) is 0 Å². The molecule has 0 N–H and O–H groups in total. The van der Waals surface area contributed by atoms with Crippen molar-refractivity contribution in [1.29, 1.82) is 0 Å². The molecular weight excluding hydrogens is 360 g/mol. The molecule has 7 heteroatoms. The Morgan fingerprint density at radius 1 is 1.44 bits per heavy atom. The predicted octanol–water partition coefficient (Wildman–Crippen LogP) is 3.61. The number of aromatic nitrogens is 2. The molecule has 0 saturated carbocycles. The molecule has 3 nitrogen and oxygen atoms in total. The summed E-state index contributed by atoms with van der Waals surface area (Å²) in [6.07, 6.45) is -3.40. The van der Waals surface area contributed by atoms with E-state index in [4.69, 9.17) is 4.74 Å². The lowest BCUT2D eigenvalue weighted by Crippen LogP contribution is -2.12. The summed E-state index contributed by atoms with van der Waals surface area (Å²) in [5, 5.41) is 4.09. The molecule has 1 aromatic rings. The molecule has 0 spiro atoms. The van der Waals surface area contributed by atoms with Crippen LogP contribution in [0.2, 0.25) is 0 Å². The molecule has 1 aromatic heterocycles. The van der Waals surface area contributed by atoms with Gasteiger partial charge in [-0.1, -0.05) is 13.8 Å². The Balaban J connectivity index is 2.48. The lowest BCUT2D eigenvalue weighted by Gasteiger charge is -2.06. The summed E-state index contributed by atoms with van der Waals surface area (Å²) in [4.78, 5) is 0. The van der Waals surface area contributed by atoms with Gasteiger partial charge in [-0.2, -0.15) is 18.3 Å². The predicted molar refractivity (Wildman–Crippen MR) is 70.1 cm³/mol. The van der Waals surface area contributed by atoms with Crippen molar-refractivity contribution in [1.82, 2.24) is 9.78 Å². The number of aryl methyl sites for hydroxylation is 1. The summed E-state index contributed by atoms with van der Waals surface area (Å²) in [7, 11) is 0. The smallest absolute Gasteiger partial charge is 0.375 e. The number of rotatable bonds is 6. The van der Waals surface area contributed by atoms with Gasteiger partial charge in [0.25, 0.3) is 0 Å². The summed E-state index contributed by atoms with van der Waals surface area (Å²) >= 11 is 2.05. The zero-order valence-electron chi connectivity index (χ0n) is 10.3. The van der Waals surface area contributed by atoms with Crippen molar-refractivity contribution in [3.63, 3.8) is 0 Å². The van der Waals surface area contributed by atoms with Gasteiger partial charge >= 0.3 is 6.18 Å². The fraction of sp³-hybridized carbons (Fsp3) is 0.727. The maximum atomic E-state index is 12.1. The van der Waals surface area contributed by atoms with E-state index in [9.17, 15) is 13.2 Å². The van der Waals surface area contributed by atoms with Crippen LogP contribution >= 0.6 is 22.6 Å². The summed E-state index contributed by atoms with van der Waals surface area (Å²) in [6, 6.07) is 0. The molecule has 0 aliphatic rings. The van der Waals surface area contributed by atoms with Crippen molar-refractivity contribution < 1.29 is 17.9 Å². The van der Waals surface area contributed by atoms with Crippen LogP contribution in [0.5, 0.6) is 0 Å². The van der Waals surface area contributed by atoms with E-state index in [1.165, 1.54) is 4.68 Å². The lowest BCUT2D eigenvalue weighted by atomic mass is 10.2. The van der Waals surface area contributed by atoms with E-state index >= 15 is 0 Å². The Morgan fingerprint density at radius 3 is 2.67 bits per heavy atom. The van der Waals surface area contributed by atoms with Crippen molar-refractivity contribution in [2.24, 2.45) is 5.92 Å². The van der Waals surface area contributed by atoms with Gasteiger partial charge in [0, 0.05) is 19.3 Å². The minimum atomic E-state index is -4.15. The lowest BCUT2D eigenvalue weighted by molar-refractivity contribution is -0.137. The van der Waals surface area contributed by atoms with Crippen molar-refractivity contribution in [3.05, 3.63) is 15.5 Å². The van der Waals surface area contributed by atoms with Crippen LogP contribution in [-0.4, -0.2) is 22.6 Å². The standard InChI is InChI=1S/C11H16F3IN2O/c1-8(2)6-18-7-10-9(15)5-17(16-10)4-3-11(12,13)14/h5,8H,3-4,6-7H2,1-2H3. The summed E-state index contributed by atoms with van der Waals surface area (Å²) in [5.74, 6) is 0.426. The van der Waals surface area contributed by atoms with Gasteiger partial charge in [-0.05, 0) is 28.5 Å². The summed E-state index contributed by atoms with van der Waals surface area (Å²) in [5.41, 5.74) is 0.693. The van der Waals surface area contributed by atoms with E-state index in [1.54, 1.807) is 6.20 Å². The molecule has 0 fully saturated rings. The zero-order chi connectivity index (χ0) is 13.8. The largest absolute Gasteiger partial charge is 0.390 e. The Kier molecular flexibility index (Phi) is 5.90. The Bertz CT molecular complexity index is 377. The van der Waals surface area contributed by atoms with Crippen molar-refractivity contribution in [3.8, 4) is 0 Å². The second-order valence-electron chi connectivity index (χ2n) is 4.46. The van der Waals surface area contributed by atoms with Gasteiger partial charge in [-0.15, -0.1) is 0 Å². The summed E-state index contributed by atoms with van der Waals surface area (Å²) < 4.78 is 43.8. The first-order valence-electron chi connectivity index (χ1n) is 5.64. The number of hydrogen-bond acceptors (Lipinski definition) is 2. The Labute approximate surface area is 118 Å². The molecule has 104 valence electrons. The van der Waals surface area contributed by atoms with E-state index in [1.807, 2.05) is 13.8 Å². The van der Waals surface area contributed by atoms with E-state index in [0.717, 1.165) is 3.57 Å². The van der Waals surface area contributed by atoms with Gasteiger partial charge in [0.05, 0.1) is 16.6 Å². The molecule has 0 unspecified atom stereocenters. The van der Waals surface area contributed by atoms with Crippen molar-refractivity contribution in [2.75, 3.05) is 6.61 Å². The maximum Gasteiger partial charge on any atom is 0.390 e. The second-order valence-corrected chi connectivity index (χ2v) is 5.62. The molecule has 0 aliphatic heterocycles. The first kappa shape index (κ1) is 15.7. The van der Waals surface area contributed by atoms with E-state index in [2.05, 4.69) is 27.7 Å². The van der Waals surface area contributed by atoms with Gasteiger partial charge in [-0.3, -0.25) is 4.68 Å². The quantitative estimate of drug-likeness (QED) is 0.710. The number of alkyl halides is 3. The van der Waals surface area contributed by atoms with Crippen LogP contribution in [0.4, 0.5) is 13.2 Å². The highest BCUT2D eigenvalue weighted by atomic mass is 127.